The van der Waals surface area contributed by atoms with Crippen molar-refractivity contribution in [1.82, 2.24) is 19.9 Å². The number of likely N-dealkylation sites (tertiary alicyclic amines) is 1. The zero-order valence-electron chi connectivity index (χ0n) is 12.6. The Kier molecular flexibility index (Phi) is 4.00. The van der Waals surface area contributed by atoms with Crippen LogP contribution >= 0.6 is 0 Å². The number of anilines is 1. The van der Waals surface area contributed by atoms with Crippen LogP contribution in [-0.4, -0.2) is 38.8 Å². The standard InChI is InChI=1S/C16H19N5O/c1-11(22)21-6-2-3-13(10-21)15-9-18-8-14(20-15)12-4-5-16(17)19-7-12/h4-5,7-9,13H,2-3,6,10H2,1H3,(H2,17,19)/t13-/m1/s1. The predicted molar refractivity (Wildman–Crippen MR) is 83.9 cm³/mol. The van der Waals surface area contributed by atoms with Gasteiger partial charge in [0.15, 0.2) is 0 Å². The van der Waals surface area contributed by atoms with E-state index in [2.05, 4.69) is 9.97 Å². The first kappa shape index (κ1) is 14.4. The van der Waals surface area contributed by atoms with Gasteiger partial charge in [0.2, 0.25) is 5.91 Å². The second kappa shape index (κ2) is 6.09. The number of rotatable bonds is 2. The number of carbonyl (C=O) groups is 1. The number of nitrogens with two attached hydrogens (primary N) is 1. The van der Waals surface area contributed by atoms with E-state index in [4.69, 9.17) is 10.7 Å². The lowest BCUT2D eigenvalue weighted by Gasteiger charge is -2.31. The Morgan fingerprint density at radius 2 is 2.18 bits per heavy atom. The van der Waals surface area contributed by atoms with Gasteiger partial charge in [0, 0.05) is 43.9 Å². The first-order valence-electron chi connectivity index (χ1n) is 7.43. The molecule has 0 spiro atoms. The molecular formula is C16H19N5O. The highest BCUT2D eigenvalue weighted by atomic mass is 16.2. The Balaban J connectivity index is 1.84. The predicted octanol–water partition coefficient (Wildman–Crippen LogP) is 1.85. The summed E-state index contributed by atoms with van der Waals surface area (Å²) in [4.78, 5) is 26.6. The van der Waals surface area contributed by atoms with Gasteiger partial charge in [0.05, 0.1) is 17.6 Å². The molecule has 0 unspecified atom stereocenters. The highest BCUT2D eigenvalue weighted by molar-refractivity contribution is 5.73. The van der Waals surface area contributed by atoms with Gasteiger partial charge in [-0.05, 0) is 25.0 Å². The summed E-state index contributed by atoms with van der Waals surface area (Å²) in [6.07, 6.45) is 7.25. The number of hydrogen-bond acceptors (Lipinski definition) is 5. The fourth-order valence-electron chi connectivity index (χ4n) is 2.78. The molecule has 6 nitrogen and oxygen atoms in total. The van der Waals surface area contributed by atoms with Crippen molar-refractivity contribution < 1.29 is 4.79 Å². The largest absolute Gasteiger partial charge is 0.384 e. The van der Waals surface area contributed by atoms with Gasteiger partial charge in [-0.25, -0.2) is 9.97 Å². The second-order valence-electron chi connectivity index (χ2n) is 5.61. The van der Waals surface area contributed by atoms with Gasteiger partial charge in [-0.1, -0.05) is 0 Å². The fourth-order valence-corrected chi connectivity index (χ4v) is 2.78. The molecule has 1 amide bonds. The summed E-state index contributed by atoms with van der Waals surface area (Å²) in [5.41, 5.74) is 8.22. The Hall–Kier alpha value is -2.50. The van der Waals surface area contributed by atoms with Crippen LogP contribution in [0.3, 0.4) is 0 Å². The molecule has 0 bridgehead atoms. The number of piperidine rings is 1. The van der Waals surface area contributed by atoms with Crippen molar-refractivity contribution in [1.29, 1.82) is 0 Å². The van der Waals surface area contributed by atoms with Crippen LogP contribution in [0.1, 0.15) is 31.4 Å². The molecule has 0 aliphatic carbocycles. The normalized spacial score (nSPS) is 18.2. The zero-order chi connectivity index (χ0) is 15.5. The van der Waals surface area contributed by atoms with E-state index in [0.29, 0.717) is 12.4 Å². The van der Waals surface area contributed by atoms with Gasteiger partial charge >= 0.3 is 0 Å². The molecular weight excluding hydrogens is 278 g/mol. The van der Waals surface area contributed by atoms with E-state index in [1.54, 1.807) is 31.6 Å². The Bertz CT molecular complexity index is 670. The molecule has 2 aromatic rings. The molecule has 1 aliphatic heterocycles. The molecule has 2 aromatic heterocycles. The molecule has 1 fully saturated rings. The molecule has 6 heteroatoms. The van der Waals surface area contributed by atoms with Gasteiger partial charge in [-0.2, -0.15) is 0 Å². The molecule has 0 saturated carbocycles. The van der Waals surface area contributed by atoms with E-state index < -0.39 is 0 Å². The number of amides is 1. The van der Waals surface area contributed by atoms with Crippen LogP contribution in [0.15, 0.2) is 30.7 Å². The van der Waals surface area contributed by atoms with E-state index in [9.17, 15) is 4.79 Å². The Morgan fingerprint density at radius 3 is 2.91 bits per heavy atom. The highest BCUT2D eigenvalue weighted by Gasteiger charge is 2.24. The number of nitrogen functional groups attached to an aromatic ring is 1. The monoisotopic (exact) mass is 297 g/mol. The molecule has 22 heavy (non-hydrogen) atoms. The van der Waals surface area contributed by atoms with Crippen molar-refractivity contribution in [2.75, 3.05) is 18.8 Å². The maximum atomic E-state index is 11.6. The average molecular weight is 297 g/mol. The molecule has 3 rings (SSSR count). The van der Waals surface area contributed by atoms with Gasteiger partial charge in [0.25, 0.3) is 0 Å². The van der Waals surface area contributed by atoms with Crippen molar-refractivity contribution in [2.45, 2.75) is 25.7 Å². The number of nitrogens with zero attached hydrogens (tertiary/aromatic N) is 4. The smallest absolute Gasteiger partial charge is 0.219 e. The van der Waals surface area contributed by atoms with E-state index in [0.717, 1.165) is 36.3 Å². The maximum Gasteiger partial charge on any atom is 0.219 e. The van der Waals surface area contributed by atoms with Gasteiger partial charge in [0.1, 0.15) is 5.82 Å². The lowest BCUT2D eigenvalue weighted by molar-refractivity contribution is -0.130. The molecule has 1 aliphatic rings. The SMILES string of the molecule is CC(=O)N1CCC[C@@H](c2cncc(-c3ccc(N)nc3)n2)C1. The van der Waals surface area contributed by atoms with Crippen LogP contribution in [0, 0.1) is 0 Å². The van der Waals surface area contributed by atoms with Crippen molar-refractivity contribution in [3.8, 4) is 11.3 Å². The molecule has 0 radical (unpaired) electrons. The summed E-state index contributed by atoms with van der Waals surface area (Å²) in [6, 6.07) is 3.64. The van der Waals surface area contributed by atoms with E-state index in [-0.39, 0.29) is 11.8 Å². The fraction of sp³-hybridized carbons (Fsp3) is 0.375. The van der Waals surface area contributed by atoms with E-state index in [1.807, 2.05) is 11.0 Å². The minimum atomic E-state index is 0.122. The molecule has 1 saturated heterocycles. The third kappa shape index (κ3) is 3.05. The lowest BCUT2D eigenvalue weighted by atomic mass is 9.95. The Labute approximate surface area is 129 Å². The van der Waals surface area contributed by atoms with Crippen LogP contribution in [0.2, 0.25) is 0 Å². The van der Waals surface area contributed by atoms with Gasteiger partial charge < -0.3 is 10.6 Å². The Morgan fingerprint density at radius 1 is 1.32 bits per heavy atom. The van der Waals surface area contributed by atoms with Crippen molar-refractivity contribution in [3.05, 3.63) is 36.4 Å². The lowest BCUT2D eigenvalue weighted by Crippen LogP contribution is -2.37. The third-order valence-electron chi connectivity index (χ3n) is 4.02. The van der Waals surface area contributed by atoms with Crippen molar-refractivity contribution >= 4 is 11.7 Å². The number of pyridine rings is 1. The first-order chi connectivity index (χ1) is 10.6. The average Bonchev–Trinajstić information content (AvgIpc) is 2.56. The van der Waals surface area contributed by atoms with E-state index in [1.165, 1.54) is 0 Å². The number of carbonyl (C=O) groups excluding carboxylic acids is 1. The number of hydrogen-bond donors (Lipinski definition) is 1. The number of aromatic nitrogens is 3. The summed E-state index contributed by atoms with van der Waals surface area (Å²) in [7, 11) is 0. The van der Waals surface area contributed by atoms with Crippen LogP contribution < -0.4 is 5.73 Å². The van der Waals surface area contributed by atoms with E-state index >= 15 is 0 Å². The zero-order valence-corrected chi connectivity index (χ0v) is 12.6. The first-order valence-corrected chi connectivity index (χ1v) is 7.43. The molecule has 2 N–H and O–H groups in total. The van der Waals surface area contributed by atoms with Crippen LogP contribution in [0.4, 0.5) is 5.82 Å². The topological polar surface area (TPSA) is 85.0 Å². The summed E-state index contributed by atoms with van der Waals surface area (Å²) in [6.45, 7) is 3.17. The summed E-state index contributed by atoms with van der Waals surface area (Å²) >= 11 is 0. The third-order valence-corrected chi connectivity index (χ3v) is 4.02. The van der Waals surface area contributed by atoms with Crippen LogP contribution in [0.5, 0.6) is 0 Å². The maximum absolute atomic E-state index is 11.6. The van der Waals surface area contributed by atoms with Crippen LogP contribution in [-0.2, 0) is 4.79 Å². The molecule has 114 valence electrons. The van der Waals surface area contributed by atoms with Gasteiger partial charge in [-0.3, -0.25) is 9.78 Å². The van der Waals surface area contributed by atoms with Gasteiger partial charge in [-0.15, -0.1) is 0 Å². The van der Waals surface area contributed by atoms with Crippen molar-refractivity contribution in [2.24, 2.45) is 0 Å². The molecule has 1 atom stereocenters. The van der Waals surface area contributed by atoms with Crippen molar-refractivity contribution in [3.63, 3.8) is 0 Å². The van der Waals surface area contributed by atoms with Crippen LogP contribution in [0.25, 0.3) is 11.3 Å². The second-order valence-corrected chi connectivity index (χ2v) is 5.61. The minimum Gasteiger partial charge on any atom is -0.384 e. The quantitative estimate of drug-likeness (QED) is 0.914. The summed E-state index contributed by atoms with van der Waals surface area (Å²) in [5, 5.41) is 0. The molecule has 0 aromatic carbocycles. The summed E-state index contributed by atoms with van der Waals surface area (Å²) in [5.74, 6) is 0.848. The molecule has 3 heterocycles. The summed E-state index contributed by atoms with van der Waals surface area (Å²) < 4.78 is 0. The highest BCUT2D eigenvalue weighted by Crippen LogP contribution is 2.27. The minimum absolute atomic E-state index is 0.122.